The van der Waals surface area contributed by atoms with Crippen molar-refractivity contribution in [3.05, 3.63) is 48.0 Å². The third-order valence-electron chi connectivity index (χ3n) is 3.22. The van der Waals surface area contributed by atoms with Crippen LogP contribution in [0.15, 0.2) is 42.5 Å². The Bertz CT molecular complexity index is 487. The van der Waals surface area contributed by atoms with E-state index < -0.39 is 0 Å². The smallest absolute Gasteiger partial charge is 0.0447 e. The fourth-order valence-corrected chi connectivity index (χ4v) is 2.31. The highest BCUT2D eigenvalue weighted by atomic mass is 15.1. The first-order valence-corrected chi connectivity index (χ1v) is 5.86. The third-order valence-corrected chi connectivity index (χ3v) is 3.22. The Kier molecular flexibility index (Phi) is 2.60. The summed E-state index contributed by atoms with van der Waals surface area (Å²) < 4.78 is 0. The molecule has 1 fully saturated rings. The average molecular weight is 212 g/mol. The molecule has 2 nitrogen and oxygen atoms in total. The highest BCUT2D eigenvalue weighted by Gasteiger charge is 2.13. The van der Waals surface area contributed by atoms with Gasteiger partial charge in [-0.05, 0) is 22.4 Å². The molecular weight excluding hydrogens is 196 g/mol. The van der Waals surface area contributed by atoms with E-state index in [2.05, 4.69) is 53.1 Å². The molecule has 0 aromatic heterocycles. The lowest BCUT2D eigenvalue weighted by atomic mass is 10.0. The number of nitrogens with one attached hydrogen (secondary N) is 2. The number of hydrogen-bond donors (Lipinski definition) is 2. The number of rotatable bonds is 1. The van der Waals surface area contributed by atoms with Crippen LogP contribution in [0.4, 0.5) is 0 Å². The molecule has 2 N–H and O–H groups in total. The van der Waals surface area contributed by atoms with Crippen molar-refractivity contribution in [3.8, 4) is 0 Å². The van der Waals surface area contributed by atoms with Gasteiger partial charge in [0.05, 0.1) is 0 Å². The van der Waals surface area contributed by atoms with Crippen molar-refractivity contribution in [2.45, 2.75) is 6.04 Å². The van der Waals surface area contributed by atoms with E-state index in [-0.39, 0.29) is 0 Å². The zero-order valence-corrected chi connectivity index (χ0v) is 9.24. The minimum atomic E-state index is 0.457. The molecule has 82 valence electrons. The summed E-state index contributed by atoms with van der Waals surface area (Å²) in [4.78, 5) is 0. The van der Waals surface area contributed by atoms with Crippen LogP contribution in [0.25, 0.3) is 10.8 Å². The van der Waals surface area contributed by atoms with Crippen LogP contribution in [0.1, 0.15) is 11.6 Å². The Morgan fingerprint density at radius 2 is 1.81 bits per heavy atom. The first-order valence-electron chi connectivity index (χ1n) is 5.86. The number of benzene rings is 2. The van der Waals surface area contributed by atoms with Gasteiger partial charge in [0.1, 0.15) is 0 Å². The second kappa shape index (κ2) is 4.24. The molecule has 0 radical (unpaired) electrons. The lowest BCUT2D eigenvalue weighted by Gasteiger charge is -2.25. The van der Waals surface area contributed by atoms with Crippen LogP contribution in [0.3, 0.4) is 0 Å². The molecule has 0 unspecified atom stereocenters. The van der Waals surface area contributed by atoms with E-state index in [1.54, 1.807) is 0 Å². The van der Waals surface area contributed by atoms with Gasteiger partial charge in [0.15, 0.2) is 0 Å². The molecule has 1 aliphatic rings. The van der Waals surface area contributed by atoms with Gasteiger partial charge in [0, 0.05) is 25.7 Å². The van der Waals surface area contributed by atoms with Gasteiger partial charge in [-0.15, -0.1) is 0 Å². The monoisotopic (exact) mass is 212 g/mol. The molecule has 2 aromatic rings. The van der Waals surface area contributed by atoms with Crippen molar-refractivity contribution in [2.24, 2.45) is 0 Å². The van der Waals surface area contributed by atoms with E-state index in [9.17, 15) is 0 Å². The molecule has 0 bridgehead atoms. The molecule has 1 aliphatic heterocycles. The van der Waals surface area contributed by atoms with E-state index in [4.69, 9.17) is 0 Å². The number of piperazine rings is 1. The van der Waals surface area contributed by atoms with Gasteiger partial charge >= 0.3 is 0 Å². The standard InChI is InChI=1S/C14H16N2/c1-2-4-12-9-13(6-5-11(12)3-1)14-10-15-7-8-16-14/h1-6,9,14-16H,7-8,10H2/t14-/m1/s1. The molecule has 0 amide bonds. The van der Waals surface area contributed by atoms with Crippen LogP contribution in [-0.4, -0.2) is 19.6 Å². The Balaban J connectivity index is 1.97. The van der Waals surface area contributed by atoms with Crippen molar-refractivity contribution in [3.63, 3.8) is 0 Å². The van der Waals surface area contributed by atoms with Gasteiger partial charge in [-0.3, -0.25) is 0 Å². The Hall–Kier alpha value is -1.38. The molecule has 3 rings (SSSR count). The maximum atomic E-state index is 3.54. The van der Waals surface area contributed by atoms with E-state index in [1.807, 2.05) is 0 Å². The van der Waals surface area contributed by atoms with Crippen LogP contribution in [0.2, 0.25) is 0 Å². The minimum Gasteiger partial charge on any atom is -0.314 e. The fraction of sp³-hybridized carbons (Fsp3) is 0.286. The van der Waals surface area contributed by atoms with Crippen molar-refractivity contribution in [1.82, 2.24) is 10.6 Å². The summed E-state index contributed by atoms with van der Waals surface area (Å²) >= 11 is 0. The van der Waals surface area contributed by atoms with E-state index in [0.29, 0.717) is 6.04 Å². The number of hydrogen-bond acceptors (Lipinski definition) is 2. The van der Waals surface area contributed by atoms with Gasteiger partial charge in [-0.25, -0.2) is 0 Å². The van der Waals surface area contributed by atoms with Crippen LogP contribution in [0, 0.1) is 0 Å². The summed E-state index contributed by atoms with van der Waals surface area (Å²) in [6, 6.07) is 15.7. The third kappa shape index (κ3) is 1.82. The molecule has 1 heterocycles. The first-order chi connectivity index (χ1) is 7.93. The largest absolute Gasteiger partial charge is 0.314 e. The predicted molar refractivity (Wildman–Crippen MR) is 67.6 cm³/mol. The average Bonchev–Trinajstić information content (AvgIpc) is 2.39. The van der Waals surface area contributed by atoms with Crippen molar-refractivity contribution >= 4 is 10.8 Å². The molecule has 0 saturated carbocycles. The molecule has 16 heavy (non-hydrogen) atoms. The molecular formula is C14H16N2. The van der Waals surface area contributed by atoms with Crippen molar-refractivity contribution in [2.75, 3.05) is 19.6 Å². The van der Waals surface area contributed by atoms with Gasteiger partial charge < -0.3 is 10.6 Å². The lowest BCUT2D eigenvalue weighted by Crippen LogP contribution is -2.42. The Labute approximate surface area is 95.7 Å². The van der Waals surface area contributed by atoms with Gasteiger partial charge in [-0.1, -0.05) is 36.4 Å². The SMILES string of the molecule is c1ccc2cc([C@H]3CNCCN3)ccc2c1. The zero-order valence-electron chi connectivity index (χ0n) is 9.24. The first kappa shape index (κ1) is 9.82. The molecule has 0 aliphatic carbocycles. The second-order valence-electron chi connectivity index (χ2n) is 4.32. The molecule has 1 atom stereocenters. The summed E-state index contributed by atoms with van der Waals surface area (Å²) in [6.45, 7) is 3.15. The molecule has 1 saturated heterocycles. The summed E-state index contributed by atoms with van der Waals surface area (Å²) in [5, 5.41) is 9.60. The van der Waals surface area contributed by atoms with E-state index in [0.717, 1.165) is 19.6 Å². The normalized spacial score (nSPS) is 21.1. The highest BCUT2D eigenvalue weighted by molar-refractivity contribution is 5.83. The van der Waals surface area contributed by atoms with Gasteiger partial charge in [0.2, 0.25) is 0 Å². The van der Waals surface area contributed by atoms with E-state index >= 15 is 0 Å². The van der Waals surface area contributed by atoms with Crippen LogP contribution in [-0.2, 0) is 0 Å². The van der Waals surface area contributed by atoms with Crippen LogP contribution >= 0.6 is 0 Å². The predicted octanol–water partition coefficient (Wildman–Crippen LogP) is 2.07. The fourth-order valence-electron chi connectivity index (χ4n) is 2.31. The second-order valence-corrected chi connectivity index (χ2v) is 4.32. The van der Waals surface area contributed by atoms with Crippen LogP contribution < -0.4 is 10.6 Å². The molecule has 2 aromatic carbocycles. The lowest BCUT2D eigenvalue weighted by molar-refractivity contribution is 0.430. The zero-order chi connectivity index (χ0) is 10.8. The van der Waals surface area contributed by atoms with Gasteiger partial charge in [-0.2, -0.15) is 0 Å². The highest BCUT2D eigenvalue weighted by Crippen LogP contribution is 2.20. The quantitative estimate of drug-likeness (QED) is 0.756. The molecule has 2 heteroatoms. The topological polar surface area (TPSA) is 24.1 Å². The van der Waals surface area contributed by atoms with Gasteiger partial charge in [0.25, 0.3) is 0 Å². The number of fused-ring (bicyclic) bond motifs is 1. The summed E-state index contributed by atoms with van der Waals surface area (Å²) in [7, 11) is 0. The minimum absolute atomic E-state index is 0.457. The van der Waals surface area contributed by atoms with Crippen molar-refractivity contribution in [1.29, 1.82) is 0 Å². The van der Waals surface area contributed by atoms with E-state index in [1.165, 1.54) is 16.3 Å². The Morgan fingerprint density at radius 3 is 2.62 bits per heavy atom. The summed E-state index contributed by atoms with van der Waals surface area (Å²) in [5.74, 6) is 0. The Morgan fingerprint density at radius 1 is 0.938 bits per heavy atom. The van der Waals surface area contributed by atoms with Crippen molar-refractivity contribution < 1.29 is 0 Å². The maximum absolute atomic E-state index is 3.54. The maximum Gasteiger partial charge on any atom is 0.0447 e. The van der Waals surface area contributed by atoms with Crippen LogP contribution in [0.5, 0.6) is 0 Å². The summed E-state index contributed by atoms with van der Waals surface area (Å²) in [6.07, 6.45) is 0. The summed E-state index contributed by atoms with van der Waals surface area (Å²) in [5.41, 5.74) is 1.38. The molecule has 0 spiro atoms.